The molecule has 0 saturated carbocycles. The fourth-order valence-corrected chi connectivity index (χ4v) is 9.67. The zero-order valence-corrected chi connectivity index (χ0v) is 61.6. The molecule has 0 aromatic heterocycles. The summed E-state index contributed by atoms with van der Waals surface area (Å²) in [6.45, 7) is 27.2. The third-order valence-electron chi connectivity index (χ3n) is 14.7. The summed E-state index contributed by atoms with van der Waals surface area (Å²) in [6.07, 6.45) is 0.137. The van der Waals surface area contributed by atoms with E-state index in [2.05, 4.69) is 0 Å². The van der Waals surface area contributed by atoms with Crippen LogP contribution in [0.1, 0.15) is 117 Å². The molecule has 20 nitrogen and oxygen atoms in total. The monoisotopic (exact) mass is 1370 g/mol. The van der Waals surface area contributed by atoms with Crippen LogP contribution in [0.25, 0.3) is 0 Å². The molecule has 5 aromatic rings. The number of hydrogen-bond acceptors (Lipinski definition) is 13. The molecule has 0 saturated heterocycles. The molecule has 0 aliphatic carbocycles. The summed E-state index contributed by atoms with van der Waals surface area (Å²) in [5, 5.41) is 18.9. The molecule has 0 heterocycles. The summed E-state index contributed by atoms with van der Waals surface area (Å²) in [4.78, 5) is 119. The van der Waals surface area contributed by atoms with E-state index in [1.165, 1.54) is 40.7 Å². The molecule has 0 spiro atoms. The lowest BCUT2D eigenvalue weighted by Crippen LogP contribution is -2.55. The van der Waals surface area contributed by atoms with Gasteiger partial charge in [0.2, 0.25) is 25.4 Å². The first-order valence-corrected chi connectivity index (χ1v) is 35.7. The van der Waals surface area contributed by atoms with Crippen molar-refractivity contribution >= 4 is 73.2 Å². The third-order valence-corrected chi connectivity index (χ3v) is 16.0. The molecule has 22 heteroatoms. The van der Waals surface area contributed by atoms with Crippen molar-refractivity contribution in [1.82, 2.24) is 24.5 Å². The van der Waals surface area contributed by atoms with E-state index in [1.807, 2.05) is 192 Å². The van der Waals surface area contributed by atoms with Gasteiger partial charge in [0.15, 0.2) is 0 Å². The quantitative estimate of drug-likeness (QED) is 0.0351. The summed E-state index contributed by atoms with van der Waals surface area (Å²) in [5.41, 5.74) is 1.89. The molecule has 0 fully saturated rings. The Bertz CT molecular complexity index is 3260. The van der Waals surface area contributed by atoms with E-state index >= 15 is 0 Å². The van der Waals surface area contributed by atoms with Gasteiger partial charge in [-0.1, -0.05) is 172 Å². The number of nitrogens with zero attached hydrogens (tertiary/aromatic N) is 5. The van der Waals surface area contributed by atoms with E-state index in [9.17, 15) is 53.4 Å². The highest BCUT2D eigenvalue weighted by Gasteiger charge is 2.40. The van der Waals surface area contributed by atoms with Gasteiger partial charge in [-0.15, -0.1) is 0 Å². The van der Waals surface area contributed by atoms with Crippen molar-refractivity contribution in [2.75, 3.05) is 35.2 Å². The fourth-order valence-electron chi connectivity index (χ4n) is 8.79. The number of rotatable bonds is 23. The van der Waals surface area contributed by atoms with Gasteiger partial charge in [0.05, 0.1) is 0 Å². The predicted molar refractivity (Wildman–Crippen MR) is 377 cm³/mol. The van der Waals surface area contributed by atoms with E-state index < -0.39 is 97.4 Å². The largest absolute Gasteiger partial charge is 0.518 e. The second kappa shape index (κ2) is 38.2. The Kier molecular flexibility index (Phi) is 33.3. The number of amides is 5. The first-order valence-electron chi connectivity index (χ1n) is 31.9. The number of carbonyl (C=O) groups excluding carboxylic acids is 7. The normalized spacial score (nSPS) is 12.9. The van der Waals surface area contributed by atoms with E-state index in [-0.39, 0.29) is 42.2 Å². The lowest BCUT2D eigenvalue weighted by atomic mass is 9.92. The summed E-state index contributed by atoms with van der Waals surface area (Å²) < 4.78 is 22.0. The average Bonchev–Trinajstić information content (AvgIpc) is 0.829. The fraction of sp³-hybridized carbons (Fsp3) is 0.473. The van der Waals surface area contributed by atoms with E-state index in [0.29, 0.717) is 6.42 Å². The van der Waals surface area contributed by atoms with Crippen LogP contribution in [0.4, 0.5) is 14.4 Å². The highest BCUT2D eigenvalue weighted by Crippen LogP contribution is 2.24. The van der Waals surface area contributed by atoms with Crippen molar-refractivity contribution < 1.29 is 72.0 Å². The van der Waals surface area contributed by atoms with Crippen LogP contribution in [0.15, 0.2) is 152 Å². The van der Waals surface area contributed by atoms with Crippen molar-refractivity contribution in [3.8, 4) is 0 Å². The minimum absolute atomic E-state index is 0.159. The molecule has 0 radical (unpaired) electrons. The molecule has 96 heavy (non-hydrogen) atoms. The molecule has 526 valence electrons. The highest BCUT2D eigenvalue weighted by molar-refractivity contribution is 6.71. The van der Waals surface area contributed by atoms with Gasteiger partial charge in [0.25, 0.3) is 0 Å². The molecule has 0 bridgehead atoms. The Morgan fingerprint density at radius 1 is 0.385 bits per heavy atom. The van der Waals surface area contributed by atoms with Gasteiger partial charge >= 0.3 is 36.2 Å². The first kappa shape index (κ1) is 83.5. The van der Waals surface area contributed by atoms with Crippen molar-refractivity contribution in [3.63, 3.8) is 0 Å². The van der Waals surface area contributed by atoms with Gasteiger partial charge in [-0.3, -0.25) is 33.9 Å². The van der Waals surface area contributed by atoms with Crippen molar-refractivity contribution in [3.05, 3.63) is 179 Å². The smallest absolute Gasteiger partial charge is 0.410 e. The van der Waals surface area contributed by atoms with Crippen molar-refractivity contribution in [2.24, 2.45) is 5.41 Å². The molecule has 5 atom stereocenters. The number of hydrogen-bond donors (Lipinski definition) is 2. The van der Waals surface area contributed by atoms with Crippen LogP contribution in [0.2, 0.25) is 19.6 Å². The first-order chi connectivity index (χ1) is 44.4. The van der Waals surface area contributed by atoms with Crippen molar-refractivity contribution in [1.29, 1.82) is 0 Å². The minimum atomic E-state index is -2.21. The lowest BCUT2D eigenvalue weighted by molar-refractivity contribution is -0.150. The molecule has 0 unspecified atom stereocenters. The van der Waals surface area contributed by atoms with Crippen LogP contribution < -0.4 is 0 Å². The second-order valence-corrected chi connectivity index (χ2v) is 32.7. The predicted octanol–water partition coefficient (Wildman–Crippen LogP) is 13.3. The number of carbonyl (C=O) groups is 9. The molecule has 5 rings (SSSR count). The Labute approximate surface area is 575 Å². The molecule has 0 aliphatic heterocycles. The number of likely N-dealkylation sites (N-methyl/N-ethyl adjacent to an activating group) is 5. The van der Waals surface area contributed by atoms with Gasteiger partial charge < -0.3 is 38.6 Å². The number of ether oxygens (including phenoxy) is 3. The number of carboxylic acid groups (broad SMARTS) is 2. The number of benzene rings is 5. The molecular formula is C74H104ClN5O15Si. The zero-order chi connectivity index (χ0) is 73.1. The maximum absolute atomic E-state index is 13.9. The highest BCUT2D eigenvalue weighted by atomic mass is 35.5. The average molecular weight is 1370 g/mol. The van der Waals surface area contributed by atoms with E-state index in [4.69, 9.17) is 30.2 Å². The summed E-state index contributed by atoms with van der Waals surface area (Å²) >= 11 is 5.23. The van der Waals surface area contributed by atoms with Crippen LogP contribution in [0.5, 0.6) is 0 Å². The summed E-state index contributed by atoms with van der Waals surface area (Å²) in [7, 11) is 5.35. The maximum Gasteiger partial charge on any atom is 0.410 e. The van der Waals surface area contributed by atoms with Crippen molar-refractivity contribution in [2.45, 2.75) is 188 Å². The summed E-state index contributed by atoms with van der Waals surface area (Å²) in [5.74, 6) is -3.43. The van der Waals surface area contributed by atoms with Gasteiger partial charge in [-0.25, -0.2) is 24.0 Å². The Hall–Kier alpha value is -8.56. The van der Waals surface area contributed by atoms with Crippen LogP contribution >= 0.6 is 11.6 Å². The van der Waals surface area contributed by atoms with E-state index in [0.717, 1.165) is 39.1 Å². The second-order valence-electron chi connectivity index (χ2n) is 27.9. The van der Waals surface area contributed by atoms with Crippen LogP contribution in [-0.2, 0) is 79.5 Å². The number of carboxylic acids is 2. The van der Waals surface area contributed by atoms with E-state index in [1.54, 1.807) is 76.4 Å². The minimum Gasteiger partial charge on any atom is -0.518 e. The Balaban J connectivity index is 0.000000477. The molecule has 0 aliphatic rings. The van der Waals surface area contributed by atoms with Gasteiger partial charge in [0, 0.05) is 72.8 Å². The van der Waals surface area contributed by atoms with Gasteiger partial charge in [-0.2, -0.15) is 0 Å². The molecule has 2 N–H and O–H groups in total. The Morgan fingerprint density at radius 3 is 0.812 bits per heavy atom. The SMILES string of the molecule is CCC(C)(C)C(=O)Cl.CN(C(=O)OC(C)(C)C)[C@@H](Cc1ccccc1)C(=O)N(C)[C@@H](Cc1ccccc1)C(=O)O.CN(C(=O)OC(C)(C)C)[C@@H](Cc1ccccc1)C(=O)N(C)[C@@H](Cc1ccccc1)C(=O)O[Si](C)(C)C.CN(C(=O)OC(C)(C)C)[C@@H](Cc1ccccc1)C(=O)O. The molecule has 5 amide bonds. The molecular weight excluding hydrogens is 1260 g/mol. The third kappa shape index (κ3) is 30.9. The van der Waals surface area contributed by atoms with Crippen LogP contribution in [-0.4, -0.2) is 179 Å². The van der Waals surface area contributed by atoms with Gasteiger partial charge in [-0.05, 0) is 128 Å². The lowest BCUT2D eigenvalue weighted by Gasteiger charge is -2.35. The zero-order valence-electron chi connectivity index (χ0n) is 59.9. The van der Waals surface area contributed by atoms with Gasteiger partial charge in [0.1, 0.15) is 47.0 Å². The Morgan fingerprint density at radius 2 is 0.604 bits per heavy atom. The summed E-state index contributed by atoms with van der Waals surface area (Å²) in [6, 6.07) is 42.0. The standard InChI is InChI=1S/C28H40N2O5Si.C25H32N2O5.C15H21NO4.C6H11ClO/c1-28(2,3)34-27(33)30(5)23(19-21-15-11-9-12-16-21)25(31)29(4)24(26(32)35-36(6,7)8)20-22-17-13-10-14-18-22;1-25(2,3)32-24(31)27(5)20(16-18-12-8-6-9-13-18)22(28)26(4)21(23(29)30)17-19-14-10-7-11-15-19;1-15(2,3)20-14(19)16(4)12(13(17)18)10-11-8-6-5-7-9-11;1-4-6(2,3)5(7)8/h9-18,23-24H,19-20H2,1-8H3;6-15,20-21H,16-17H2,1-5H3,(H,29,30);5-9,12H,10H2,1-4H3,(H,17,18);4H2,1-3H3/t23-,24-;20-,21-;12-;/m000./s1. The molecule has 5 aromatic carbocycles. The number of halogens is 1. The van der Waals surface area contributed by atoms with Crippen LogP contribution in [0, 0.1) is 5.41 Å². The number of aliphatic carboxylic acids is 2. The maximum atomic E-state index is 13.9. The van der Waals surface area contributed by atoms with Crippen LogP contribution in [0.3, 0.4) is 0 Å². The topological polar surface area (TPSA) is 247 Å².